The number of rotatable bonds is 11. The smallest absolute Gasteiger partial charge is 0.246 e. The average Bonchev–Trinajstić information content (AvgIpc) is 3.33. The van der Waals surface area contributed by atoms with Crippen molar-refractivity contribution in [2.45, 2.75) is 25.9 Å². The lowest BCUT2D eigenvalue weighted by atomic mass is 10.1. The lowest BCUT2D eigenvalue weighted by Crippen LogP contribution is -2.23. The first-order chi connectivity index (χ1) is 16.0. The molecule has 0 saturated carbocycles. The number of anilines is 1. The van der Waals surface area contributed by atoms with Gasteiger partial charge in [-0.2, -0.15) is 5.10 Å². The molecule has 33 heavy (non-hydrogen) atoms. The zero-order valence-electron chi connectivity index (χ0n) is 19.0. The number of carbonyl (C=O) groups excluding carboxylic acids is 2. The Labute approximate surface area is 192 Å². The highest BCUT2D eigenvalue weighted by Gasteiger charge is 2.16. The van der Waals surface area contributed by atoms with Crippen molar-refractivity contribution in [1.82, 2.24) is 15.1 Å². The molecule has 2 N–H and O–H groups in total. The van der Waals surface area contributed by atoms with Crippen LogP contribution in [0.1, 0.15) is 17.5 Å². The van der Waals surface area contributed by atoms with Crippen LogP contribution in [0.2, 0.25) is 0 Å². The first kappa shape index (κ1) is 23.6. The maximum atomic E-state index is 12.4. The molecule has 9 nitrogen and oxygen atoms in total. The molecule has 2 amide bonds. The van der Waals surface area contributed by atoms with Crippen LogP contribution in [-0.2, 0) is 29.1 Å². The minimum absolute atomic E-state index is 0.0973. The number of amides is 2. The van der Waals surface area contributed by atoms with Crippen LogP contribution in [0.5, 0.6) is 17.2 Å². The van der Waals surface area contributed by atoms with E-state index in [0.29, 0.717) is 35.9 Å². The molecule has 0 fully saturated rings. The van der Waals surface area contributed by atoms with Crippen LogP contribution in [0.15, 0.2) is 54.9 Å². The fourth-order valence-corrected chi connectivity index (χ4v) is 3.40. The van der Waals surface area contributed by atoms with Crippen molar-refractivity contribution in [2.75, 3.05) is 26.6 Å². The predicted molar refractivity (Wildman–Crippen MR) is 124 cm³/mol. The second-order valence-corrected chi connectivity index (χ2v) is 7.22. The Morgan fingerprint density at radius 3 is 2.48 bits per heavy atom. The maximum absolute atomic E-state index is 12.4. The molecule has 0 aliphatic carbocycles. The third-order valence-corrected chi connectivity index (χ3v) is 4.97. The van der Waals surface area contributed by atoms with Gasteiger partial charge in [0.2, 0.25) is 17.6 Å². The lowest BCUT2D eigenvalue weighted by molar-refractivity contribution is -0.121. The van der Waals surface area contributed by atoms with Gasteiger partial charge in [0, 0.05) is 31.0 Å². The molecular weight excluding hydrogens is 424 g/mol. The highest BCUT2D eigenvalue weighted by atomic mass is 16.5. The van der Waals surface area contributed by atoms with Crippen molar-refractivity contribution in [3.63, 3.8) is 0 Å². The van der Waals surface area contributed by atoms with E-state index in [1.165, 1.54) is 0 Å². The second kappa shape index (κ2) is 11.6. The number of methoxy groups -OCH3 is 3. The SMILES string of the molecule is COc1ccc(CCC(=O)NCc2cccc(NC(=O)Cn3cccn3)c2)c(OC)c1OC. The van der Waals surface area contributed by atoms with E-state index in [1.807, 2.05) is 24.3 Å². The molecule has 2 aromatic carbocycles. The number of ether oxygens (including phenoxy) is 3. The highest BCUT2D eigenvalue weighted by Crippen LogP contribution is 2.40. The summed E-state index contributed by atoms with van der Waals surface area (Å²) < 4.78 is 17.7. The lowest BCUT2D eigenvalue weighted by Gasteiger charge is -2.15. The number of nitrogens with one attached hydrogen (secondary N) is 2. The number of hydrogen-bond acceptors (Lipinski definition) is 6. The van der Waals surface area contributed by atoms with Crippen molar-refractivity contribution in [2.24, 2.45) is 0 Å². The van der Waals surface area contributed by atoms with Gasteiger partial charge in [-0.05, 0) is 41.8 Å². The summed E-state index contributed by atoms with van der Waals surface area (Å²) in [5.74, 6) is 1.36. The average molecular weight is 453 g/mol. The summed E-state index contributed by atoms with van der Waals surface area (Å²) in [5.41, 5.74) is 2.39. The number of hydrogen-bond donors (Lipinski definition) is 2. The van der Waals surface area contributed by atoms with Gasteiger partial charge in [-0.1, -0.05) is 18.2 Å². The third-order valence-electron chi connectivity index (χ3n) is 4.97. The van der Waals surface area contributed by atoms with E-state index in [2.05, 4.69) is 15.7 Å². The monoisotopic (exact) mass is 452 g/mol. The van der Waals surface area contributed by atoms with Crippen LogP contribution in [-0.4, -0.2) is 42.9 Å². The summed E-state index contributed by atoms with van der Waals surface area (Å²) in [7, 11) is 4.66. The molecule has 174 valence electrons. The fourth-order valence-electron chi connectivity index (χ4n) is 3.40. The Hall–Kier alpha value is -4.01. The Kier molecular flexibility index (Phi) is 8.29. The number of benzene rings is 2. The quantitative estimate of drug-likeness (QED) is 0.464. The van der Waals surface area contributed by atoms with Crippen LogP contribution in [0.25, 0.3) is 0 Å². The summed E-state index contributed by atoms with van der Waals surface area (Å²) in [6.07, 6.45) is 4.12. The van der Waals surface area contributed by atoms with Crippen molar-refractivity contribution < 1.29 is 23.8 Å². The molecule has 0 atom stereocenters. The molecule has 0 saturated heterocycles. The summed E-state index contributed by atoms with van der Waals surface area (Å²) in [5, 5.41) is 9.77. The summed E-state index contributed by atoms with van der Waals surface area (Å²) in [4.78, 5) is 24.6. The molecule has 1 aromatic heterocycles. The van der Waals surface area contributed by atoms with Crippen molar-refractivity contribution in [3.8, 4) is 17.2 Å². The van der Waals surface area contributed by atoms with E-state index >= 15 is 0 Å². The first-order valence-corrected chi connectivity index (χ1v) is 10.4. The van der Waals surface area contributed by atoms with Gasteiger partial charge in [-0.15, -0.1) is 0 Å². The van der Waals surface area contributed by atoms with Crippen molar-refractivity contribution in [3.05, 3.63) is 66.0 Å². The first-order valence-electron chi connectivity index (χ1n) is 10.4. The van der Waals surface area contributed by atoms with E-state index in [0.717, 1.165) is 11.1 Å². The molecule has 0 unspecified atom stereocenters. The van der Waals surface area contributed by atoms with Gasteiger partial charge >= 0.3 is 0 Å². The molecule has 0 spiro atoms. The van der Waals surface area contributed by atoms with Gasteiger partial charge in [-0.25, -0.2) is 0 Å². The summed E-state index contributed by atoms with van der Waals surface area (Å²) in [6, 6.07) is 12.8. The number of aryl methyl sites for hydroxylation is 1. The highest BCUT2D eigenvalue weighted by molar-refractivity contribution is 5.90. The van der Waals surface area contributed by atoms with Crippen molar-refractivity contribution in [1.29, 1.82) is 0 Å². The Bertz CT molecular complexity index is 1080. The molecule has 0 aliphatic heterocycles. The van der Waals surface area contributed by atoms with Crippen LogP contribution >= 0.6 is 0 Å². The van der Waals surface area contributed by atoms with Crippen LogP contribution in [0.3, 0.4) is 0 Å². The second-order valence-electron chi connectivity index (χ2n) is 7.22. The zero-order chi connectivity index (χ0) is 23.6. The molecule has 3 rings (SSSR count). The van der Waals surface area contributed by atoms with E-state index in [1.54, 1.807) is 56.6 Å². The van der Waals surface area contributed by atoms with Gasteiger partial charge in [-0.3, -0.25) is 14.3 Å². The predicted octanol–water partition coefficient (Wildman–Crippen LogP) is 2.80. The van der Waals surface area contributed by atoms with Gasteiger partial charge in [0.25, 0.3) is 0 Å². The van der Waals surface area contributed by atoms with Gasteiger partial charge < -0.3 is 24.8 Å². The standard InChI is InChI=1S/C24H28N4O5/c1-31-20-10-8-18(23(32-2)24(20)33-3)9-11-21(29)25-15-17-6-4-7-19(14-17)27-22(30)16-28-13-5-12-26-28/h4-8,10,12-14H,9,11,15-16H2,1-3H3,(H,25,29)(H,27,30). The molecule has 3 aromatic rings. The van der Waals surface area contributed by atoms with E-state index < -0.39 is 0 Å². The van der Waals surface area contributed by atoms with Crippen LogP contribution in [0, 0.1) is 0 Å². The minimum Gasteiger partial charge on any atom is -0.493 e. The number of aromatic nitrogens is 2. The zero-order valence-corrected chi connectivity index (χ0v) is 19.0. The third kappa shape index (κ3) is 6.49. The largest absolute Gasteiger partial charge is 0.493 e. The van der Waals surface area contributed by atoms with E-state index in [-0.39, 0.29) is 24.8 Å². The van der Waals surface area contributed by atoms with Gasteiger partial charge in [0.05, 0.1) is 21.3 Å². The molecule has 1 heterocycles. The van der Waals surface area contributed by atoms with Crippen LogP contribution in [0.4, 0.5) is 5.69 Å². The summed E-state index contributed by atoms with van der Waals surface area (Å²) in [6.45, 7) is 0.484. The molecule has 9 heteroatoms. The molecular formula is C24H28N4O5. The van der Waals surface area contributed by atoms with E-state index in [9.17, 15) is 9.59 Å². The number of nitrogens with zero attached hydrogens (tertiary/aromatic N) is 2. The molecule has 0 aliphatic rings. The van der Waals surface area contributed by atoms with Gasteiger partial charge in [0.1, 0.15) is 6.54 Å². The summed E-state index contributed by atoms with van der Waals surface area (Å²) >= 11 is 0. The van der Waals surface area contributed by atoms with Crippen molar-refractivity contribution >= 4 is 17.5 Å². The minimum atomic E-state index is -0.177. The van der Waals surface area contributed by atoms with Gasteiger partial charge in [0.15, 0.2) is 11.5 Å². The number of carbonyl (C=O) groups is 2. The normalized spacial score (nSPS) is 10.4. The topological polar surface area (TPSA) is 104 Å². The Balaban J connectivity index is 1.52. The fraction of sp³-hybridized carbons (Fsp3) is 0.292. The Morgan fingerprint density at radius 2 is 1.79 bits per heavy atom. The van der Waals surface area contributed by atoms with Crippen LogP contribution < -0.4 is 24.8 Å². The Morgan fingerprint density at radius 1 is 0.970 bits per heavy atom. The maximum Gasteiger partial charge on any atom is 0.246 e. The van der Waals surface area contributed by atoms with E-state index in [4.69, 9.17) is 14.2 Å². The molecule has 0 radical (unpaired) electrons. The molecule has 0 bridgehead atoms.